The molecule has 0 unspecified atom stereocenters. The first-order chi connectivity index (χ1) is 9.45. The van der Waals surface area contributed by atoms with Gasteiger partial charge in [0.05, 0.1) is 11.9 Å². The smallest absolute Gasteiger partial charge is 0.269 e. The van der Waals surface area contributed by atoms with Crippen molar-refractivity contribution in [2.75, 3.05) is 18.5 Å². The van der Waals surface area contributed by atoms with Crippen LogP contribution in [0.2, 0.25) is 0 Å². The summed E-state index contributed by atoms with van der Waals surface area (Å²) in [5, 5.41) is 2.88. The van der Waals surface area contributed by atoms with Crippen LogP contribution in [0.5, 0.6) is 0 Å². The zero-order valence-corrected chi connectivity index (χ0v) is 12.7. The Hall–Kier alpha value is -1.66. The number of nitrogens with two attached hydrogens (primary N) is 1. The molecule has 4 N–H and O–H groups in total. The fourth-order valence-corrected chi connectivity index (χ4v) is 2.12. The molecule has 1 amide bonds. The summed E-state index contributed by atoms with van der Waals surface area (Å²) < 4.78 is 0. The van der Waals surface area contributed by atoms with E-state index in [0.717, 1.165) is 6.54 Å². The van der Waals surface area contributed by atoms with Gasteiger partial charge in [-0.1, -0.05) is 0 Å². The number of nitrogens with zero attached hydrogens (tertiary/aromatic N) is 2. The molecule has 0 spiro atoms. The van der Waals surface area contributed by atoms with Crippen LogP contribution in [-0.2, 0) is 0 Å². The van der Waals surface area contributed by atoms with E-state index in [-0.39, 0.29) is 5.91 Å². The largest absolute Gasteiger partial charge is 0.349 e. The maximum absolute atomic E-state index is 11.9. The number of anilines is 1. The van der Waals surface area contributed by atoms with E-state index in [9.17, 15) is 4.79 Å². The van der Waals surface area contributed by atoms with Crippen molar-refractivity contribution in [2.45, 2.75) is 39.8 Å². The highest BCUT2D eigenvalue weighted by atomic mass is 16.1. The second kappa shape index (κ2) is 7.81. The van der Waals surface area contributed by atoms with E-state index < -0.39 is 0 Å². The van der Waals surface area contributed by atoms with Crippen LogP contribution >= 0.6 is 0 Å². The van der Waals surface area contributed by atoms with Crippen molar-refractivity contribution in [3.8, 4) is 0 Å². The van der Waals surface area contributed by atoms with Crippen molar-refractivity contribution in [3.63, 3.8) is 0 Å². The van der Waals surface area contributed by atoms with E-state index in [0.29, 0.717) is 30.0 Å². The van der Waals surface area contributed by atoms with Gasteiger partial charge in [-0.2, -0.15) is 0 Å². The molecule has 0 aromatic carbocycles. The average molecular weight is 279 g/mol. The molecule has 0 saturated heterocycles. The van der Waals surface area contributed by atoms with Crippen molar-refractivity contribution >= 4 is 11.6 Å². The molecule has 0 saturated carbocycles. The highest BCUT2D eigenvalue weighted by Crippen LogP contribution is 2.05. The summed E-state index contributed by atoms with van der Waals surface area (Å²) in [6, 6.07) is 4.28. The molecular weight excluding hydrogens is 254 g/mol. The van der Waals surface area contributed by atoms with E-state index >= 15 is 0 Å². The molecule has 0 bridgehead atoms. The van der Waals surface area contributed by atoms with Gasteiger partial charge in [-0.05, 0) is 39.8 Å². The van der Waals surface area contributed by atoms with Gasteiger partial charge in [0, 0.05) is 25.2 Å². The van der Waals surface area contributed by atoms with Gasteiger partial charge in [-0.25, -0.2) is 4.98 Å². The van der Waals surface area contributed by atoms with Gasteiger partial charge in [0.1, 0.15) is 5.69 Å². The quantitative estimate of drug-likeness (QED) is 0.516. The number of pyridine rings is 1. The number of hydrazine groups is 1. The number of hydrogen-bond donors (Lipinski definition) is 3. The Kier molecular flexibility index (Phi) is 6.41. The Morgan fingerprint density at radius 3 is 2.40 bits per heavy atom. The summed E-state index contributed by atoms with van der Waals surface area (Å²) in [4.78, 5) is 18.3. The SMILES string of the molecule is CC(C)N(CCNC(=O)c1ccc(NN)cn1)C(C)C. The average Bonchev–Trinajstić information content (AvgIpc) is 2.42. The summed E-state index contributed by atoms with van der Waals surface area (Å²) in [6.07, 6.45) is 1.53. The van der Waals surface area contributed by atoms with Crippen molar-refractivity contribution in [2.24, 2.45) is 5.84 Å². The molecule has 0 aliphatic heterocycles. The number of hydrogen-bond acceptors (Lipinski definition) is 5. The lowest BCUT2D eigenvalue weighted by Gasteiger charge is -2.30. The van der Waals surface area contributed by atoms with Crippen LogP contribution in [0, 0.1) is 0 Å². The van der Waals surface area contributed by atoms with Crippen LogP contribution in [0.15, 0.2) is 18.3 Å². The molecule has 0 atom stereocenters. The third kappa shape index (κ3) is 4.79. The van der Waals surface area contributed by atoms with Crippen molar-refractivity contribution in [1.82, 2.24) is 15.2 Å². The van der Waals surface area contributed by atoms with Crippen molar-refractivity contribution in [3.05, 3.63) is 24.0 Å². The van der Waals surface area contributed by atoms with E-state index in [4.69, 9.17) is 5.84 Å². The Bertz CT molecular complexity index is 408. The summed E-state index contributed by atoms with van der Waals surface area (Å²) >= 11 is 0. The second-order valence-electron chi connectivity index (χ2n) is 5.26. The van der Waals surface area contributed by atoms with E-state index in [1.165, 1.54) is 6.20 Å². The Morgan fingerprint density at radius 2 is 1.95 bits per heavy atom. The topological polar surface area (TPSA) is 83.3 Å². The van der Waals surface area contributed by atoms with Crippen molar-refractivity contribution in [1.29, 1.82) is 0 Å². The minimum Gasteiger partial charge on any atom is -0.349 e. The highest BCUT2D eigenvalue weighted by molar-refractivity contribution is 5.92. The molecule has 1 aromatic rings. The zero-order chi connectivity index (χ0) is 15.1. The number of nitrogens with one attached hydrogen (secondary N) is 2. The fourth-order valence-electron chi connectivity index (χ4n) is 2.12. The molecule has 6 nitrogen and oxygen atoms in total. The molecule has 1 aromatic heterocycles. The first-order valence-corrected chi connectivity index (χ1v) is 6.92. The lowest BCUT2D eigenvalue weighted by atomic mass is 10.2. The lowest BCUT2D eigenvalue weighted by molar-refractivity contribution is 0.0934. The monoisotopic (exact) mass is 279 g/mol. The molecule has 0 aliphatic rings. The zero-order valence-electron chi connectivity index (χ0n) is 12.7. The predicted octanol–water partition coefficient (Wildman–Crippen LogP) is 1.22. The van der Waals surface area contributed by atoms with Gasteiger partial charge in [0.15, 0.2) is 0 Å². The molecule has 6 heteroatoms. The molecule has 0 fully saturated rings. The molecule has 1 rings (SSSR count). The Labute approximate surface area is 120 Å². The van der Waals surface area contributed by atoms with Gasteiger partial charge in [0.2, 0.25) is 0 Å². The van der Waals surface area contributed by atoms with Crippen molar-refractivity contribution < 1.29 is 4.79 Å². The number of nitrogen functional groups attached to an aromatic ring is 1. The van der Waals surface area contributed by atoms with Crippen LogP contribution < -0.4 is 16.6 Å². The fraction of sp³-hybridized carbons (Fsp3) is 0.571. The first kappa shape index (κ1) is 16.4. The number of carbonyl (C=O) groups excluding carboxylic acids is 1. The summed E-state index contributed by atoms with van der Waals surface area (Å²) in [5.41, 5.74) is 3.54. The van der Waals surface area contributed by atoms with Gasteiger partial charge in [-0.3, -0.25) is 15.5 Å². The predicted molar refractivity (Wildman–Crippen MR) is 81.4 cm³/mol. The summed E-state index contributed by atoms with van der Waals surface area (Å²) in [5.74, 6) is 5.08. The van der Waals surface area contributed by atoms with Crippen LogP contribution in [0.3, 0.4) is 0 Å². The van der Waals surface area contributed by atoms with E-state index in [1.54, 1.807) is 12.1 Å². The van der Waals surface area contributed by atoms with Gasteiger partial charge >= 0.3 is 0 Å². The molecule has 0 aliphatic carbocycles. The molecule has 112 valence electrons. The first-order valence-electron chi connectivity index (χ1n) is 6.92. The molecule has 20 heavy (non-hydrogen) atoms. The number of carbonyl (C=O) groups is 1. The molecular formula is C14H25N5O. The number of amides is 1. The summed E-state index contributed by atoms with van der Waals surface area (Å²) in [7, 11) is 0. The summed E-state index contributed by atoms with van der Waals surface area (Å²) in [6.45, 7) is 10.0. The highest BCUT2D eigenvalue weighted by Gasteiger charge is 2.13. The minimum atomic E-state index is -0.166. The standard InChI is InChI=1S/C14H25N5O/c1-10(2)19(11(3)4)8-7-16-14(20)13-6-5-12(18-15)9-17-13/h5-6,9-11,18H,7-8,15H2,1-4H3,(H,16,20). The third-order valence-corrected chi connectivity index (χ3v) is 3.14. The third-order valence-electron chi connectivity index (χ3n) is 3.14. The van der Waals surface area contributed by atoms with Crippen LogP contribution in [0.25, 0.3) is 0 Å². The van der Waals surface area contributed by atoms with Crippen LogP contribution in [0.1, 0.15) is 38.2 Å². The minimum absolute atomic E-state index is 0.166. The van der Waals surface area contributed by atoms with Crippen LogP contribution in [0.4, 0.5) is 5.69 Å². The second-order valence-corrected chi connectivity index (χ2v) is 5.26. The van der Waals surface area contributed by atoms with Crippen LogP contribution in [-0.4, -0.2) is 41.0 Å². The normalized spacial score (nSPS) is 11.2. The maximum Gasteiger partial charge on any atom is 0.269 e. The van der Waals surface area contributed by atoms with E-state index in [1.807, 2.05) is 0 Å². The Balaban J connectivity index is 2.46. The number of rotatable bonds is 7. The van der Waals surface area contributed by atoms with Gasteiger partial charge < -0.3 is 10.7 Å². The molecule has 1 heterocycles. The lowest BCUT2D eigenvalue weighted by Crippen LogP contribution is -2.42. The van der Waals surface area contributed by atoms with Gasteiger partial charge in [0.25, 0.3) is 5.91 Å². The van der Waals surface area contributed by atoms with Gasteiger partial charge in [-0.15, -0.1) is 0 Å². The number of aromatic nitrogens is 1. The van der Waals surface area contributed by atoms with E-state index in [2.05, 4.69) is 48.3 Å². The maximum atomic E-state index is 11.9. The Morgan fingerprint density at radius 1 is 1.30 bits per heavy atom. The molecule has 0 radical (unpaired) electrons.